The number of halogens is 1. The summed E-state index contributed by atoms with van der Waals surface area (Å²) >= 11 is 0. The van der Waals surface area contributed by atoms with Crippen molar-refractivity contribution in [3.63, 3.8) is 0 Å². The number of nitrogen functional groups attached to an aromatic ring is 1. The Morgan fingerprint density at radius 3 is 2.69 bits per heavy atom. The standard InChI is InChI=1S/C12H11FN2O/c1-7-10(13)4-9(5-11(7)14)12(16)8-2-3-15-6-8/h2-6,15H,14H2,1H3. The molecule has 0 radical (unpaired) electrons. The Kier molecular flexibility index (Phi) is 2.48. The molecule has 0 saturated heterocycles. The number of H-pyrrole nitrogens is 1. The van der Waals surface area contributed by atoms with Crippen LogP contribution in [0.2, 0.25) is 0 Å². The van der Waals surface area contributed by atoms with Gasteiger partial charge in [-0.05, 0) is 25.1 Å². The Morgan fingerprint density at radius 2 is 2.12 bits per heavy atom. The molecule has 4 heteroatoms. The topological polar surface area (TPSA) is 58.9 Å². The maximum atomic E-state index is 13.4. The van der Waals surface area contributed by atoms with E-state index in [-0.39, 0.29) is 11.3 Å². The van der Waals surface area contributed by atoms with Crippen LogP contribution in [0.3, 0.4) is 0 Å². The summed E-state index contributed by atoms with van der Waals surface area (Å²) in [6, 6.07) is 4.34. The molecule has 0 aliphatic rings. The molecule has 0 unspecified atom stereocenters. The first kappa shape index (κ1) is 10.4. The number of anilines is 1. The molecule has 1 heterocycles. The third-order valence-corrected chi connectivity index (χ3v) is 2.51. The third-order valence-electron chi connectivity index (χ3n) is 2.51. The van der Waals surface area contributed by atoms with Gasteiger partial charge in [0.2, 0.25) is 0 Å². The van der Waals surface area contributed by atoms with E-state index in [1.807, 2.05) is 0 Å². The van der Waals surface area contributed by atoms with Gasteiger partial charge in [-0.25, -0.2) is 4.39 Å². The number of aromatic nitrogens is 1. The number of carbonyl (C=O) groups is 1. The number of aromatic amines is 1. The zero-order chi connectivity index (χ0) is 11.7. The summed E-state index contributed by atoms with van der Waals surface area (Å²) in [5.74, 6) is -0.703. The minimum Gasteiger partial charge on any atom is -0.398 e. The maximum Gasteiger partial charge on any atom is 0.194 e. The largest absolute Gasteiger partial charge is 0.398 e. The van der Waals surface area contributed by atoms with Gasteiger partial charge in [0.15, 0.2) is 5.78 Å². The highest BCUT2D eigenvalue weighted by Crippen LogP contribution is 2.19. The van der Waals surface area contributed by atoms with E-state index in [2.05, 4.69) is 4.98 Å². The summed E-state index contributed by atoms with van der Waals surface area (Å²) < 4.78 is 13.4. The Morgan fingerprint density at radius 1 is 1.38 bits per heavy atom. The lowest BCUT2D eigenvalue weighted by atomic mass is 10.0. The van der Waals surface area contributed by atoms with Crippen molar-refractivity contribution in [2.45, 2.75) is 6.92 Å². The molecule has 2 aromatic rings. The highest BCUT2D eigenvalue weighted by atomic mass is 19.1. The van der Waals surface area contributed by atoms with Gasteiger partial charge in [0.1, 0.15) is 5.82 Å². The predicted molar refractivity (Wildman–Crippen MR) is 59.8 cm³/mol. The van der Waals surface area contributed by atoms with Crippen LogP contribution in [0.25, 0.3) is 0 Å². The van der Waals surface area contributed by atoms with E-state index >= 15 is 0 Å². The van der Waals surface area contributed by atoms with Crippen LogP contribution in [0.1, 0.15) is 21.5 Å². The van der Waals surface area contributed by atoms with Gasteiger partial charge in [-0.3, -0.25) is 4.79 Å². The lowest BCUT2D eigenvalue weighted by Crippen LogP contribution is -2.03. The summed E-state index contributed by atoms with van der Waals surface area (Å²) in [6.07, 6.45) is 3.21. The van der Waals surface area contributed by atoms with Crippen LogP contribution in [-0.2, 0) is 0 Å². The van der Waals surface area contributed by atoms with Crippen molar-refractivity contribution in [1.29, 1.82) is 0 Å². The summed E-state index contributed by atoms with van der Waals surface area (Å²) in [7, 11) is 0. The molecule has 1 aromatic heterocycles. The van der Waals surface area contributed by atoms with E-state index in [9.17, 15) is 9.18 Å². The van der Waals surface area contributed by atoms with Gasteiger partial charge in [0.05, 0.1) is 0 Å². The quantitative estimate of drug-likeness (QED) is 0.600. The molecule has 16 heavy (non-hydrogen) atoms. The molecular weight excluding hydrogens is 207 g/mol. The Hall–Kier alpha value is -2.10. The summed E-state index contributed by atoms with van der Waals surface area (Å²) in [5.41, 5.74) is 7.02. The summed E-state index contributed by atoms with van der Waals surface area (Å²) in [4.78, 5) is 14.7. The number of carbonyl (C=O) groups excluding carboxylic acids is 1. The van der Waals surface area contributed by atoms with E-state index < -0.39 is 5.82 Å². The number of nitrogens with one attached hydrogen (secondary N) is 1. The number of ketones is 1. The first-order valence-electron chi connectivity index (χ1n) is 4.82. The minimum absolute atomic E-state index is 0.244. The number of benzene rings is 1. The molecule has 0 amide bonds. The number of nitrogens with two attached hydrogens (primary N) is 1. The van der Waals surface area contributed by atoms with Crippen LogP contribution in [-0.4, -0.2) is 10.8 Å². The SMILES string of the molecule is Cc1c(N)cc(C(=O)c2cc[nH]c2)cc1F. The molecule has 3 nitrogen and oxygen atoms in total. The molecule has 82 valence electrons. The summed E-state index contributed by atoms with van der Waals surface area (Å²) in [5, 5.41) is 0. The molecule has 0 spiro atoms. The number of rotatable bonds is 2. The highest BCUT2D eigenvalue weighted by molar-refractivity contribution is 6.09. The molecule has 2 rings (SSSR count). The molecule has 3 N–H and O–H groups in total. The van der Waals surface area contributed by atoms with Gasteiger partial charge in [-0.2, -0.15) is 0 Å². The van der Waals surface area contributed by atoms with Gasteiger partial charge in [-0.15, -0.1) is 0 Å². The zero-order valence-corrected chi connectivity index (χ0v) is 8.75. The van der Waals surface area contributed by atoms with Gasteiger partial charge >= 0.3 is 0 Å². The fraction of sp³-hybridized carbons (Fsp3) is 0.0833. The summed E-state index contributed by atoms with van der Waals surface area (Å²) in [6.45, 7) is 1.58. The van der Waals surface area contributed by atoms with Crippen molar-refractivity contribution in [3.8, 4) is 0 Å². The van der Waals surface area contributed by atoms with Gasteiger partial charge in [-0.1, -0.05) is 0 Å². The van der Waals surface area contributed by atoms with Crippen molar-refractivity contribution in [1.82, 2.24) is 4.98 Å². The van der Waals surface area contributed by atoms with Gasteiger partial charge < -0.3 is 10.7 Å². The molecule has 0 saturated carbocycles. The van der Waals surface area contributed by atoms with E-state index in [1.165, 1.54) is 12.1 Å². The zero-order valence-electron chi connectivity index (χ0n) is 8.75. The van der Waals surface area contributed by atoms with Crippen LogP contribution in [0, 0.1) is 12.7 Å². The van der Waals surface area contributed by atoms with Crippen LogP contribution in [0.4, 0.5) is 10.1 Å². The third kappa shape index (κ3) is 1.69. The Labute approximate surface area is 92.1 Å². The predicted octanol–water partition coefficient (Wildman–Crippen LogP) is 2.28. The molecule has 0 atom stereocenters. The van der Waals surface area contributed by atoms with E-state index in [4.69, 9.17) is 5.73 Å². The molecular formula is C12H11FN2O. The highest BCUT2D eigenvalue weighted by Gasteiger charge is 2.13. The van der Waals surface area contributed by atoms with Crippen molar-refractivity contribution < 1.29 is 9.18 Å². The first-order valence-corrected chi connectivity index (χ1v) is 4.82. The lowest BCUT2D eigenvalue weighted by Gasteiger charge is -2.05. The molecule has 1 aromatic carbocycles. The molecule has 0 fully saturated rings. The van der Waals surface area contributed by atoms with Crippen molar-refractivity contribution in [3.05, 3.63) is 53.1 Å². The fourth-order valence-corrected chi connectivity index (χ4v) is 1.46. The second-order valence-electron chi connectivity index (χ2n) is 3.60. The smallest absolute Gasteiger partial charge is 0.194 e. The second kappa shape index (κ2) is 3.81. The average molecular weight is 218 g/mol. The van der Waals surface area contributed by atoms with Crippen molar-refractivity contribution in [2.75, 3.05) is 5.73 Å². The maximum absolute atomic E-state index is 13.4. The molecule has 0 aliphatic heterocycles. The van der Waals surface area contributed by atoms with Crippen LogP contribution < -0.4 is 5.73 Å². The van der Waals surface area contributed by atoms with Crippen molar-refractivity contribution >= 4 is 11.5 Å². The fourth-order valence-electron chi connectivity index (χ4n) is 1.46. The second-order valence-corrected chi connectivity index (χ2v) is 3.60. The minimum atomic E-state index is -0.459. The van der Waals surface area contributed by atoms with E-state index in [1.54, 1.807) is 25.4 Å². The average Bonchev–Trinajstić information content (AvgIpc) is 2.77. The normalized spacial score (nSPS) is 10.4. The van der Waals surface area contributed by atoms with Crippen LogP contribution >= 0.6 is 0 Å². The van der Waals surface area contributed by atoms with E-state index in [0.717, 1.165) is 0 Å². The van der Waals surface area contributed by atoms with Crippen LogP contribution in [0.15, 0.2) is 30.6 Å². The van der Waals surface area contributed by atoms with Gasteiger partial charge in [0, 0.05) is 34.8 Å². The Balaban J connectivity index is 2.46. The number of hydrogen-bond acceptors (Lipinski definition) is 2. The molecule has 0 bridgehead atoms. The van der Waals surface area contributed by atoms with Crippen LogP contribution in [0.5, 0.6) is 0 Å². The monoisotopic (exact) mass is 218 g/mol. The van der Waals surface area contributed by atoms with Gasteiger partial charge in [0.25, 0.3) is 0 Å². The number of hydrogen-bond donors (Lipinski definition) is 2. The first-order chi connectivity index (χ1) is 7.59. The Bertz CT molecular complexity index is 509. The van der Waals surface area contributed by atoms with Crippen molar-refractivity contribution in [2.24, 2.45) is 0 Å². The lowest BCUT2D eigenvalue weighted by molar-refractivity contribution is 0.103. The molecule has 0 aliphatic carbocycles. The van der Waals surface area contributed by atoms with E-state index in [0.29, 0.717) is 16.8 Å².